The van der Waals surface area contributed by atoms with Gasteiger partial charge in [0.05, 0.1) is 11.9 Å². The van der Waals surface area contributed by atoms with Crippen LogP contribution in [-0.4, -0.2) is 67.8 Å². The number of aliphatic carboxylic acids is 4. The van der Waals surface area contributed by atoms with Crippen molar-refractivity contribution in [2.24, 2.45) is 0 Å². The maximum absolute atomic E-state index is 9.90. The Labute approximate surface area is 158 Å². The number of carbonyl (C=O) groups is 4. The minimum absolute atomic E-state index is 0.831. The zero-order valence-corrected chi connectivity index (χ0v) is 20.4. The van der Waals surface area contributed by atoms with Crippen molar-refractivity contribution in [1.82, 2.24) is 0 Å². The fraction of sp³-hybridized carbons (Fsp3) is 0.714. The molecule has 0 aromatic heterocycles. The van der Waals surface area contributed by atoms with Gasteiger partial charge in [-0.25, -0.2) is 0 Å². The van der Waals surface area contributed by atoms with Crippen LogP contribution in [0.2, 0.25) is 4.44 Å². The number of aliphatic hydroxyl groups is 2. The van der Waals surface area contributed by atoms with Crippen molar-refractivity contribution >= 4 is 46.4 Å². The molecule has 2 N–H and O–H groups in total. The summed E-state index contributed by atoms with van der Waals surface area (Å²) in [5.41, 5.74) is -4.67. The van der Waals surface area contributed by atoms with Gasteiger partial charge in [-0.1, -0.05) is 0 Å². The van der Waals surface area contributed by atoms with Gasteiger partial charge in [-0.15, -0.1) is 0 Å². The van der Waals surface area contributed by atoms with Gasteiger partial charge < -0.3 is 49.8 Å². The maximum atomic E-state index is 9.90. The molecule has 0 heterocycles. The van der Waals surface area contributed by atoms with Crippen molar-refractivity contribution in [2.75, 3.05) is 0 Å². The average molecular weight is 471 g/mol. The quantitative estimate of drug-likeness (QED) is 0.321. The third-order valence-electron chi connectivity index (χ3n) is 2.56. The molecule has 10 nitrogen and oxygen atoms in total. The molecule has 11 heteroatoms. The zero-order chi connectivity index (χ0) is 20.8. The third kappa shape index (κ3) is 18.8. The molecule has 0 aliphatic rings. The predicted molar refractivity (Wildman–Crippen MR) is 80.2 cm³/mol. The number of carboxylic acid groups (broad SMARTS) is 4. The van der Waals surface area contributed by atoms with Crippen molar-refractivity contribution in [3.05, 3.63) is 0 Å². The van der Waals surface area contributed by atoms with Gasteiger partial charge in [0, 0.05) is 24.8 Å². The van der Waals surface area contributed by atoms with E-state index in [0.29, 0.717) is 0 Å². The Hall–Kier alpha value is -1.40. The molecule has 0 aliphatic heterocycles. The van der Waals surface area contributed by atoms with Gasteiger partial charge in [0.1, 0.15) is 11.2 Å². The Morgan fingerprint density at radius 2 is 1.12 bits per heavy atom. The van der Waals surface area contributed by atoms with Gasteiger partial charge in [0.2, 0.25) is 0 Å². The van der Waals surface area contributed by atoms with Crippen molar-refractivity contribution in [3.63, 3.8) is 0 Å². The second-order valence-electron chi connectivity index (χ2n) is 5.57. The van der Waals surface area contributed by atoms with Crippen LogP contribution >= 0.6 is 0 Å². The van der Waals surface area contributed by atoms with Crippen LogP contribution in [0.4, 0.5) is 0 Å². The fourth-order valence-electron chi connectivity index (χ4n) is 1.06. The summed E-state index contributed by atoms with van der Waals surface area (Å²) in [7, 11) is 0. The van der Waals surface area contributed by atoms with Crippen LogP contribution in [0, 0.1) is 0 Å². The van der Waals surface area contributed by atoms with Gasteiger partial charge in [-0.2, -0.15) is 0 Å². The summed E-state index contributed by atoms with van der Waals surface area (Å²) < 4.78 is 1.55. The molecule has 25 heavy (non-hydrogen) atoms. The number of unbranched alkanes of at least 4 members (excludes halogenated alkanes) is 1. The van der Waals surface area contributed by atoms with E-state index in [4.69, 9.17) is 10.2 Å². The Bertz CT molecular complexity index is 405. The summed E-state index contributed by atoms with van der Waals surface area (Å²) in [6.07, 6.45) is 0.953. The van der Waals surface area contributed by atoms with Crippen LogP contribution in [-0.2, 0) is 19.2 Å². The summed E-state index contributed by atoms with van der Waals surface area (Å²) in [4.78, 5) is 39.3. The van der Waals surface area contributed by atoms with E-state index in [0.717, 1.165) is 36.4 Å². The second kappa shape index (κ2) is 13.8. The first-order valence-electron chi connectivity index (χ1n) is 7.41. The SMILES string of the molecule is CC(O)(CC(=O)[O-])C(=O)[O-].CC(O)(CC(=O)[O-])C(=O)[O-].CCC[CH2][SnH3+4]. The van der Waals surface area contributed by atoms with Gasteiger partial charge in [0.25, 0.3) is 0 Å². The zero-order valence-electron chi connectivity index (χ0n) is 14.7. The van der Waals surface area contributed by atoms with Crippen LogP contribution in [0.5, 0.6) is 0 Å². The molecule has 0 fully saturated rings. The molecule has 0 rings (SSSR count). The van der Waals surface area contributed by atoms with Crippen LogP contribution in [0.25, 0.3) is 0 Å². The van der Waals surface area contributed by atoms with E-state index >= 15 is 0 Å². The van der Waals surface area contributed by atoms with Crippen molar-refractivity contribution < 1.29 is 49.8 Å². The van der Waals surface area contributed by atoms with E-state index in [9.17, 15) is 39.6 Å². The molecule has 2 unspecified atom stereocenters. The molecule has 0 saturated heterocycles. The summed E-state index contributed by atoms with van der Waals surface area (Å²) in [5, 5.41) is 56.7. The van der Waals surface area contributed by atoms with E-state index in [2.05, 4.69) is 6.92 Å². The van der Waals surface area contributed by atoms with E-state index in [1.165, 1.54) is 12.8 Å². The normalized spacial score (nSPS) is 14.4. The molecule has 0 amide bonds. The number of hydrogen-bond acceptors (Lipinski definition) is 10. The van der Waals surface area contributed by atoms with Gasteiger partial charge in [-0.05, 0) is 13.8 Å². The Kier molecular flexibility index (Phi) is 15.7. The monoisotopic (exact) mass is 472 g/mol. The molecule has 144 valence electrons. The number of rotatable bonds is 8. The topological polar surface area (TPSA) is 201 Å². The van der Waals surface area contributed by atoms with E-state index < -0.39 is 47.9 Å². The van der Waals surface area contributed by atoms with E-state index in [1.807, 2.05) is 0 Å². The van der Waals surface area contributed by atoms with Gasteiger partial charge >= 0.3 is 46.7 Å². The molecule has 4 radical (unpaired) electrons. The average Bonchev–Trinajstić information content (AvgIpc) is 2.37. The van der Waals surface area contributed by atoms with Crippen LogP contribution in [0.3, 0.4) is 0 Å². The van der Waals surface area contributed by atoms with Crippen molar-refractivity contribution in [2.45, 2.75) is 62.1 Å². The van der Waals surface area contributed by atoms with E-state index in [1.54, 1.807) is 4.44 Å². The molecule has 0 aromatic carbocycles. The van der Waals surface area contributed by atoms with Crippen LogP contribution in [0.1, 0.15) is 46.5 Å². The molecule has 0 bridgehead atoms. The number of hydrogen-bond donors (Lipinski definition) is 2. The molecule has 0 aromatic rings. The number of carboxylic acids is 4. The number of carbonyl (C=O) groups excluding carboxylic acids is 4. The molecular formula is C14H24O10Sn. The minimum atomic E-state index is -2.33. The first-order chi connectivity index (χ1) is 11.1. The first-order valence-corrected chi connectivity index (χ1v) is 11.4. The molecule has 0 aliphatic carbocycles. The summed E-state index contributed by atoms with van der Waals surface area (Å²) in [6.45, 7) is 3.91. The van der Waals surface area contributed by atoms with Crippen LogP contribution < -0.4 is 20.4 Å². The second-order valence-corrected chi connectivity index (χ2v) is 8.43. The van der Waals surface area contributed by atoms with Gasteiger partial charge in [-0.3, -0.25) is 0 Å². The van der Waals surface area contributed by atoms with E-state index in [-0.39, 0.29) is 0 Å². The Balaban J connectivity index is -0.000000308. The molecule has 0 spiro atoms. The van der Waals surface area contributed by atoms with Crippen molar-refractivity contribution in [3.8, 4) is 0 Å². The Morgan fingerprint density at radius 1 is 0.840 bits per heavy atom. The summed E-state index contributed by atoms with van der Waals surface area (Å²) >= 11 is 0.982. The van der Waals surface area contributed by atoms with Crippen LogP contribution in [0.15, 0.2) is 0 Å². The summed E-state index contributed by atoms with van der Waals surface area (Å²) in [6, 6.07) is 0. The standard InChI is InChI=1S/2C5H8O5.C4H9.Sn.3H/c2*1-5(10,4(8)9)2-3(6)7;1-3-4-2;;;;/h2*10H,2H2,1H3,(H,6,7)(H,8,9);1,3-4H2,2H3;;;;/q;;;+4;;;/p-4. The molecule has 0 saturated carbocycles. The molecular weight excluding hydrogens is 447 g/mol. The predicted octanol–water partition coefficient (Wildman–Crippen LogP) is -6.18. The third-order valence-corrected chi connectivity index (χ3v) is 4.58. The van der Waals surface area contributed by atoms with Gasteiger partial charge in [0.15, 0.2) is 0 Å². The first kappa shape index (κ1) is 28.4. The van der Waals surface area contributed by atoms with Crippen molar-refractivity contribution in [1.29, 1.82) is 0 Å². The Morgan fingerprint density at radius 3 is 1.16 bits per heavy atom. The summed E-state index contributed by atoms with van der Waals surface area (Å²) in [5.74, 6) is -6.91. The fourth-order valence-corrected chi connectivity index (χ4v) is 3.08. The molecule has 2 atom stereocenters.